The minimum absolute atomic E-state index is 0.00447. The van der Waals surface area contributed by atoms with Crippen LogP contribution in [-0.4, -0.2) is 76.4 Å². The molecule has 2 bridgehead atoms. The lowest BCUT2D eigenvalue weighted by molar-refractivity contribution is -0.113. The van der Waals surface area contributed by atoms with Crippen LogP contribution in [0.4, 0.5) is 0 Å². The van der Waals surface area contributed by atoms with E-state index in [0.717, 1.165) is 30.3 Å². The minimum Gasteiger partial charge on any atom is -0.494 e. The van der Waals surface area contributed by atoms with E-state index in [-0.39, 0.29) is 5.78 Å². The largest absolute Gasteiger partial charge is 0.494 e. The average Bonchev–Trinajstić information content (AvgIpc) is 2.81. The van der Waals surface area contributed by atoms with E-state index in [1.165, 1.54) is 0 Å². The van der Waals surface area contributed by atoms with Crippen LogP contribution in [-0.2, 0) is 14.3 Å². The molecular weight excluding hydrogens is 420 g/mol. The van der Waals surface area contributed by atoms with E-state index in [2.05, 4.69) is 30.8 Å². The van der Waals surface area contributed by atoms with Crippen molar-refractivity contribution in [3.8, 4) is 0 Å². The normalized spacial score (nSPS) is 33.2. The predicted molar refractivity (Wildman–Crippen MR) is 105 cm³/mol. The van der Waals surface area contributed by atoms with Gasteiger partial charge >= 0.3 is 6.02 Å². The molecule has 1 aliphatic carbocycles. The number of rotatable bonds is 3. The summed E-state index contributed by atoms with van der Waals surface area (Å²) in [6.07, 6.45) is 3.64. The van der Waals surface area contributed by atoms with E-state index in [4.69, 9.17) is 9.47 Å². The Labute approximate surface area is 165 Å². The number of hydrogen-bond donors (Lipinski definition) is 0. The molecule has 0 amide bonds. The van der Waals surface area contributed by atoms with E-state index in [1.54, 1.807) is 20.4 Å². The van der Waals surface area contributed by atoms with Crippen LogP contribution in [0.5, 0.6) is 0 Å². The summed E-state index contributed by atoms with van der Waals surface area (Å²) < 4.78 is 11.3. The Morgan fingerprint density at radius 1 is 1.42 bits per heavy atom. The number of allylic oxidation sites excluding steroid dienone is 1. The number of aliphatic imine (C=N–C) groups is 2. The van der Waals surface area contributed by atoms with E-state index in [9.17, 15) is 4.79 Å². The van der Waals surface area contributed by atoms with Gasteiger partial charge in [-0.2, -0.15) is 16.8 Å². The number of carbonyl (C=O) groups excluding carboxylic acids is 1. The number of amidine groups is 1. The molecule has 5 aliphatic rings. The maximum absolute atomic E-state index is 12.6. The molecule has 5 rings (SSSR count). The number of halogens is 1. The number of methoxy groups -OCH3 is 1. The van der Waals surface area contributed by atoms with Crippen LogP contribution in [0.3, 0.4) is 0 Å². The Kier molecular flexibility index (Phi) is 4.34. The number of thioether (sulfide) groups is 1. The maximum atomic E-state index is 12.6. The van der Waals surface area contributed by atoms with Gasteiger partial charge in [0.05, 0.1) is 19.1 Å². The van der Waals surface area contributed by atoms with Gasteiger partial charge in [-0.1, -0.05) is 15.9 Å². The molecule has 0 aromatic carbocycles. The summed E-state index contributed by atoms with van der Waals surface area (Å²) in [7, 11) is 1.63. The summed E-state index contributed by atoms with van der Waals surface area (Å²) in [5.74, 6) is 2.66. The molecule has 4 heterocycles. The van der Waals surface area contributed by atoms with Crippen LogP contribution in [0.1, 0.15) is 13.8 Å². The van der Waals surface area contributed by atoms with Gasteiger partial charge in [-0.25, -0.2) is 4.99 Å². The second-order valence-electron chi connectivity index (χ2n) is 6.70. The highest BCUT2D eigenvalue weighted by atomic mass is 79.9. The van der Waals surface area contributed by atoms with Crippen LogP contribution < -0.4 is 0 Å². The van der Waals surface area contributed by atoms with Crippen molar-refractivity contribution in [1.29, 1.82) is 0 Å². The zero-order valence-electron chi connectivity index (χ0n) is 15.0. The molecule has 0 saturated carbocycles. The van der Waals surface area contributed by atoms with Gasteiger partial charge in [0.25, 0.3) is 0 Å². The first-order valence-corrected chi connectivity index (χ1v) is 10.4. The van der Waals surface area contributed by atoms with Crippen molar-refractivity contribution in [2.45, 2.75) is 23.9 Å². The van der Waals surface area contributed by atoms with Crippen molar-refractivity contribution < 1.29 is 14.3 Å². The quantitative estimate of drug-likeness (QED) is 0.493. The third kappa shape index (κ3) is 2.43. The number of ether oxygens (including phenoxy) is 2. The molecule has 9 heteroatoms. The number of alkyl halides is 1. The smallest absolute Gasteiger partial charge is 0.316 e. The van der Waals surface area contributed by atoms with Crippen molar-refractivity contribution in [3.63, 3.8) is 0 Å². The lowest BCUT2D eigenvalue weighted by atomic mass is 9.82. The molecule has 1 fully saturated rings. The van der Waals surface area contributed by atoms with E-state index < -0.39 is 10.0 Å². The fourth-order valence-corrected chi connectivity index (χ4v) is 5.40. The summed E-state index contributed by atoms with van der Waals surface area (Å²) >= 11 is 5.76. The fraction of sp³-hybridized carbons (Fsp3) is 0.588. The maximum Gasteiger partial charge on any atom is 0.316 e. The van der Waals surface area contributed by atoms with Gasteiger partial charge in [0, 0.05) is 30.2 Å². The molecule has 4 aliphatic heterocycles. The summed E-state index contributed by atoms with van der Waals surface area (Å²) in [6.45, 7) is 5.67. The second kappa shape index (κ2) is 6.30. The first-order valence-electron chi connectivity index (χ1n) is 8.49. The average molecular weight is 441 g/mol. The lowest BCUT2D eigenvalue weighted by Crippen LogP contribution is -2.61. The van der Waals surface area contributed by atoms with Gasteiger partial charge in [0.1, 0.15) is 6.67 Å². The molecule has 140 valence electrons. The zero-order valence-corrected chi connectivity index (χ0v) is 17.4. The number of fused-ring (bicyclic) bond motifs is 1. The zero-order chi connectivity index (χ0) is 18.5. The van der Waals surface area contributed by atoms with Crippen LogP contribution in [0.25, 0.3) is 0 Å². The van der Waals surface area contributed by atoms with Crippen LogP contribution in [0, 0.1) is 0 Å². The van der Waals surface area contributed by atoms with Gasteiger partial charge < -0.3 is 19.3 Å². The van der Waals surface area contributed by atoms with Crippen molar-refractivity contribution in [2.75, 3.05) is 38.4 Å². The number of ketones is 1. The Hall–Kier alpha value is -1.48. The summed E-state index contributed by atoms with van der Waals surface area (Å²) in [6, 6.07) is 0.327. The van der Waals surface area contributed by atoms with Gasteiger partial charge in [0.15, 0.2) is 16.0 Å². The van der Waals surface area contributed by atoms with Gasteiger partial charge in [-0.15, -0.1) is 0 Å². The Balaban J connectivity index is 1.93. The molecule has 0 aromatic rings. The van der Waals surface area contributed by atoms with Gasteiger partial charge in [-0.05, 0) is 19.9 Å². The summed E-state index contributed by atoms with van der Waals surface area (Å²) in [5, 5.41) is 0. The van der Waals surface area contributed by atoms with Crippen LogP contribution in [0.15, 0.2) is 33.1 Å². The molecule has 26 heavy (non-hydrogen) atoms. The monoisotopic (exact) mass is 440 g/mol. The number of hydrogen-bond acceptors (Lipinski definition) is 8. The van der Waals surface area contributed by atoms with Crippen LogP contribution >= 0.6 is 27.7 Å². The SMILES string of the molecule is COC1=C(N2CCSCC2)C(C(C)=O)=CC2(Br)N3C=NC(=NC3)OC12C. The van der Waals surface area contributed by atoms with Crippen molar-refractivity contribution in [3.05, 3.63) is 23.1 Å². The van der Waals surface area contributed by atoms with E-state index in [1.807, 2.05) is 29.7 Å². The lowest BCUT2D eigenvalue weighted by Gasteiger charge is -2.49. The molecule has 0 radical (unpaired) electrons. The van der Waals surface area contributed by atoms with E-state index in [0.29, 0.717) is 24.0 Å². The third-order valence-corrected chi connectivity index (χ3v) is 7.58. The first-order chi connectivity index (χ1) is 12.4. The molecule has 0 spiro atoms. The van der Waals surface area contributed by atoms with Crippen LogP contribution in [0.2, 0.25) is 0 Å². The first kappa shape index (κ1) is 17.9. The molecule has 7 nitrogen and oxygen atoms in total. The number of carbonyl (C=O) groups is 1. The highest BCUT2D eigenvalue weighted by Crippen LogP contribution is 2.52. The molecule has 2 unspecified atom stereocenters. The second-order valence-corrected chi connectivity index (χ2v) is 9.13. The van der Waals surface area contributed by atoms with E-state index >= 15 is 0 Å². The summed E-state index contributed by atoms with van der Waals surface area (Å²) in [5.41, 5.74) is 0.531. The van der Waals surface area contributed by atoms with Crippen molar-refractivity contribution >= 4 is 45.8 Å². The van der Waals surface area contributed by atoms with Gasteiger partial charge in [-0.3, -0.25) is 4.79 Å². The van der Waals surface area contributed by atoms with Crippen molar-refractivity contribution in [1.82, 2.24) is 9.80 Å². The van der Waals surface area contributed by atoms with Gasteiger partial charge in [0.2, 0.25) is 5.60 Å². The number of nitrogens with zero attached hydrogens (tertiary/aromatic N) is 4. The topological polar surface area (TPSA) is 66.7 Å². The predicted octanol–water partition coefficient (Wildman–Crippen LogP) is 1.96. The molecule has 0 aromatic heterocycles. The molecule has 1 saturated heterocycles. The molecular formula is C17H21BrN4O3S. The summed E-state index contributed by atoms with van der Waals surface area (Å²) in [4.78, 5) is 25.4. The highest BCUT2D eigenvalue weighted by Gasteiger charge is 2.61. The van der Waals surface area contributed by atoms with Crippen molar-refractivity contribution in [2.24, 2.45) is 9.98 Å². The molecule has 0 N–H and O–H groups in total. The number of Topliss-reactive ketones (excluding diaryl/α,β-unsaturated/α-hetero) is 1. The third-order valence-electron chi connectivity index (χ3n) is 5.20. The Morgan fingerprint density at radius 3 is 2.73 bits per heavy atom. The minimum atomic E-state index is -0.924. The Bertz CT molecular complexity index is 774. The fourth-order valence-electron chi connectivity index (χ4n) is 3.80. The standard InChI is InChI=1S/C17H21BrN4O3S/c1-11(23)12-8-17(18)16(2,25-15-19-9-22(17)10-20-15)14(24-3)13(12)21-4-6-26-7-5-21/h8-9H,4-7,10H2,1-3H3. The molecule has 2 atom stereocenters. The Morgan fingerprint density at radius 2 is 2.15 bits per heavy atom. The highest BCUT2D eigenvalue weighted by molar-refractivity contribution is 9.10.